The molecule has 0 aromatic rings. The topological polar surface area (TPSA) is 54.4 Å². The molecule has 0 aliphatic heterocycles. The van der Waals surface area contributed by atoms with E-state index in [0.717, 1.165) is 38.5 Å². The second kappa shape index (κ2) is 6.51. The van der Waals surface area contributed by atoms with Crippen LogP contribution < -0.4 is 0 Å². The first-order chi connectivity index (χ1) is 12.1. The molecule has 3 saturated carbocycles. The average molecular weight is 582 g/mol. The minimum atomic E-state index is -1.16. The van der Waals surface area contributed by atoms with Gasteiger partial charge in [-0.1, -0.05) is 64.6 Å². The van der Waals surface area contributed by atoms with Crippen molar-refractivity contribution < 1.29 is 14.7 Å². The Morgan fingerprint density at radius 2 is 1.81 bits per heavy atom. The molecule has 0 saturated heterocycles. The normalized spacial score (nSPS) is 47.8. The van der Waals surface area contributed by atoms with Gasteiger partial charge in [0, 0.05) is 11.8 Å². The van der Waals surface area contributed by atoms with Gasteiger partial charge >= 0.3 is 0 Å². The van der Waals surface area contributed by atoms with Gasteiger partial charge in [0.15, 0.2) is 11.6 Å². The predicted octanol–water partition coefficient (Wildman–Crippen LogP) is 5.01. The summed E-state index contributed by atoms with van der Waals surface area (Å²) >= 11 is 4.28. The Bertz CT molecular complexity index is 687. The van der Waals surface area contributed by atoms with E-state index in [2.05, 4.69) is 59.0 Å². The number of hydrogen-bond acceptors (Lipinski definition) is 3. The van der Waals surface area contributed by atoms with Crippen LogP contribution in [0.1, 0.15) is 65.2 Å². The number of rotatable bonds is 2. The van der Waals surface area contributed by atoms with E-state index in [9.17, 15) is 14.7 Å². The van der Waals surface area contributed by atoms with E-state index in [1.807, 2.05) is 6.08 Å². The van der Waals surface area contributed by atoms with Crippen LogP contribution in [-0.4, -0.2) is 24.2 Å². The van der Waals surface area contributed by atoms with E-state index in [-0.39, 0.29) is 18.5 Å². The van der Waals surface area contributed by atoms with E-state index in [1.54, 1.807) is 0 Å². The molecule has 0 aromatic heterocycles. The van der Waals surface area contributed by atoms with Crippen molar-refractivity contribution in [2.24, 2.45) is 28.6 Å². The van der Waals surface area contributed by atoms with E-state index in [0.29, 0.717) is 36.4 Å². The molecule has 26 heavy (non-hydrogen) atoms. The number of carbonyl (C=O) groups is 2. The minimum Gasteiger partial charge on any atom is -0.381 e. The van der Waals surface area contributed by atoms with E-state index in [1.165, 1.54) is 5.57 Å². The van der Waals surface area contributed by atoms with Crippen LogP contribution in [0, 0.1) is 28.6 Å². The Labute approximate surface area is 183 Å². The van der Waals surface area contributed by atoms with Crippen molar-refractivity contribution in [3.8, 4) is 0 Å². The fraction of sp³-hybridized carbons (Fsp3) is 0.810. The van der Waals surface area contributed by atoms with Crippen molar-refractivity contribution in [3.63, 3.8) is 0 Å². The molecule has 1 N–H and O–H groups in total. The van der Waals surface area contributed by atoms with Crippen molar-refractivity contribution in [1.82, 2.24) is 0 Å². The second-order valence-corrected chi connectivity index (χ2v) is 14.4. The second-order valence-electron chi connectivity index (χ2n) is 9.49. The van der Waals surface area contributed by atoms with Crippen LogP contribution >= 0.6 is 45.2 Å². The summed E-state index contributed by atoms with van der Waals surface area (Å²) in [5, 5.41) is 11.5. The van der Waals surface area contributed by atoms with Crippen LogP contribution in [0.3, 0.4) is 0 Å². The van der Waals surface area contributed by atoms with Gasteiger partial charge in [-0.3, -0.25) is 9.59 Å². The molecule has 0 bridgehead atoms. The highest BCUT2D eigenvalue weighted by molar-refractivity contribution is 14.2. The van der Waals surface area contributed by atoms with Gasteiger partial charge in [0.2, 0.25) is 0 Å². The van der Waals surface area contributed by atoms with Crippen LogP contribution in [0.5, 0.6) is 0 Å². The van der Waals surface area contributed by atoms with Gasteiger partial charge in [-0.2, -0.15) is 0 Å². The molecular formula is C21H28I2O3. The van der Waals surface area contributed by atoms with Crippen LogP contribution in [0.4, 0.5) is 0 Å². The molecule has 5 heteroatoms. The van der Waals surface area contributed by atoms with E-state index >= 15 is 0 Å². The zero-order valence-corrected chi connectivity index (χ0v) is 19.9. The van der Waals surface area contributed by atoms with Gasteiger partial charge in [0.25, 0.3) is 0 Å². The van der Waals surface area contributed by atoms with Crippen molar-refractivity contribution in [2.45, 2.75) is 72.7 Å². The maximum atomic E-state index is 12.9. The molecule has 0 heterocycles. The fourth-order valence-corrected chi connectivity index (χ4v) is 8.19. The quantitative estimate of drug-likeness (QED) is 0.368. The van der Waals surface area contributed by atoms with Crippen LogP contribution in [-0.2, 0) is 9.59 Å². The van der Waals surface area contributed by atoms with Crippen LogP contribution in [0.2, 0.25) is 0 Å². The summed E-state index contributed by atoms with van der Waals surface area (Å²) in [6, 6.07) is 0. The number of alkyl halides is 2. The van der Waals surface area contributed by atoms with Crippen molar-refractivity contribution in [1.29, 1.82) is 0 Å². The highest BCUT2D eigenvalue weighted by Crippen LogP contribution is 2.67. The minimum absolute atomic E-state index is 0.0213. The summed E-state index contributed by atoms with van der Waals surface area (Å²) in [6.07, 6.45) is 9.32. The van der Waals surface area contributed by atoms with Crippen LogP contribution in [0.25, 0.3) is 0 Å². The maximum Gasteiger partial charge on any atom is 0.187 e. The Balaban J connectivity index is 1.68. The Morgan fingerprint density at radius 3 is 2.50 bits per heavy atom. The van der Waals surface area contributed by atoms with Gasteiger partial charge in [0.05, 0.1) is 0 Å². The highest BCUT2D eigenvalue weighted by Gasteiger charge is 2.66. The van der Waals surface area contributed by atoms with Gasteiger partial charge in [-0.25, -0.2) is 0 Å². The lowest BCUT2D eigenvalue weighted by Crippen LogP contribution is -2.58. The van der Waals surface area contributed by atoms with Gasteiger partial charge in [0.1, 0.15) is 7.53 Å². The fourth-order valence-electron chi connectivity index (χ4n) is 7.16. The molecule has 0 spiro atoms. The lowest BCUT2D eigenvalue weighted by Gasteiger charge is -2.59. The molecule has 3 nitrogen and oxygen atoms in total. The standard InChI is InChI=1S/C21H28I2O3/c1-19-8-5-13(24)11-12(19)3-4-14-15(19)6-9-20(2)16(14)7-10-21(20,26)17(25)18(22)23/h11,14-16,18,26H,3-10H2,1-2H3/t14-,15+,16+,19+,20+,21+/m1/s1. The maximum absolute atomic E-state index is 12.9. The molecule has 144 valence electrons. The molecule has 4 rings (SSSR count). The van der Waals surface area contributed by atoms with E-state index in [4.69, 9.17) is 0 Å². The third-order valence-electron chi connectivity index (χ3n) is 8.72. The smallest absolute Gasteiger partial charge is 0.187 e. The molecular weight excluding hydrogens is 554 g/mol. The monoisotopic (exact) mass is 582 g/mol. The highest BCUT2D eigenvalue weighted by atomic mass is 127. The lowest BCUT2D eigenvalue weighted by molar-refractivity contribution is -0.159. The first-order valence-electron chi connectivity index (χ1n) is 9.92. The number of carbonyl (C=O) groups excluding carboxylic acids is 2. The number of allylic oxidation sites excluding steroid dienone is 1. The molecule has 0 radical (unpaired) electrons. The molecule has 4 aliphatic rings. The molecule has 3 fully saturated rings. The predicted molar refractivity (Wildman–Crippen MR) is 118 cm³/mol. The third kappa shape index (κ3) is 2.57. The van der Waals surface area contributed by atoms with Crippen molar-refractivity contribution in [3.05, 3.63) is 11.6 Å². The number of aliphatic hydroxyl groups is 1. The summed E-state index contributed by atoms with van der Waals surface area (Å²) in [5.74, 6) is 1.92. The molecule has 0 amide bonds. The Morgan fingerprint density at radius 1 is 1.12 bits per heavy atom. The zero-order valence-electron chi connectivity index (χ0n) is 15.6. The first kappa shape index (κ1) is 19.8. The largest absolute Gasteiger partial charge is 0.381 e. The Kier molecular flexibility index (Phi) is 4.96. The Hall–Kier alpha value is 0.500. The van der Waals surface area contributed by atoms with Crippen molar-refractivity contribution in [2.75, 3.05) is 0 Å². The number of hydrogen-bond donors (Lipinski definition) is 1. The summed E-state index contributed by atoms with van der Waals surface area (Å²) in [5.41, 5.74) is 0.0808. The zero-order chi connectivity index (χ0) is 18.9. The lowest BCUT2D eigenvalue weighted by atomic mass is 9.46. The number of ketones is 2. The van der Waals surface area contributed by atoms with Gasteiger partial charge in [-0.15, -0.1) is 0 Å². The van der Waals surface area contributed by atoms with E-state index < -0.39 is 5.60 Å². The molecule has 0 unspecified atom stereocenters. The SMILES string of the molecule is C[C@]12CCC(=O)C=C1CC[C@@H]1[C@@H]2CC[C@@]2(C)[C@H]1CC[C@]2(O)C(=O)C(I)I. The number of halogens is 2. The van der Waals surface area contributed by atoms with Crippen molar-refractivity contribution >= 4 is 56.7 Å². The molecule has 6 atom stereocenters. The average Bonchev–Trinajstić information content (AvgIpc) is 2.87. The summed E-state index contributed by atoms with van der Waals surface area (Å²) < 4.78 is -0.175. The summed E-state index contributed by atoms with van der Waals surface area (Å²) in [7, 11) is 0. The molecule has 4 aliphatic carbocycles. The summed E-state index contributed by atoms with van der Waals surface area (Å²) in [6.45, 7) is 4.56. The van der Waals surface area contributed by atoms with Gasteiger partial charge in [-0.05, 0) is 74.2 Å². The number of fused-ring (bicyclic) bond motifs is 5. The van der Waals surface area contributed by atoms with Crippen LogP contribution in [0.15, 0.2) is 11.6 Å². The third-order valence-corrected chi connectivity index (χ3v) is 9.85. The number of Topliss-reactive ketones (excluding diaryl/α,β-unsaturated/α-hetero) is 1. The van der Waals surface area contributed by atoms with Gasteiger partial charge < -0.3 is 5.11 Å². The first-order valence-corrected chi connectivity index (χ1v) is 12.4. The summed E-state index contributed by atoms with van der Waals surface area (Å²) in [4.78, 5) is 24.8. The molecule has 0 aromatic carbocycles.